The molecule has 8 heteroatoms. The van der Waals surface area contributed by atoms with Crippen molar-refractivity contribution in [2.75, 3.05) is 24.7 Å². The van der Waals surface area contributed by atoms with Crippen LogP contribution in [0.2, 0.25) is 0 Å². The van der Waals surface area contributed by atoms with Gasteiger partial charge in [0.05, 0.1) is 29.6 Å². The van der Waals surface area contributed by atoms with Gasteiger partial charge in [0.15, 0.2) is 16.6 Å². The summed E-state index contributed by atoms with van der Waals surface area (Å²) >= 11 is 1.60. The van der Waals surface area contributed by atoms with Gasteiger partial charge in [-0.3, -0.25) is 4.79 Å². The number of hydrogen-bond donors (Lipinski definition) is 0. The predicted molar refractivity (Wildman–Crippen MR) is 129 cm³/mol. The minimum absolute atomic E-state index is 0.0872. The second-order valence-electron chi connectivity index (χ2n) is 8.69. The highest BCUT2D eigenvalue weighted by atomic mass is 32.1. The van der Waals surface area contributed by atoms with E-state index in [1.54, 1.807) is 11.3 Å². The number of Topliss-reactive ketones (excluding diaryl/α,β-unsaturated/α-hetero) is 1. The molecular formula is C25H30N4O3S. The van der Waals surface area contributed by atoms with E-state index >= 15 is 0 Å². The molecule has 0 spiro atoms. The molecule has 0 bridgehead atoms. The molecule has 2 aliphatic heterocycles. The molecule has 0 N–H and O–H groups in total. The van der Waals surface area contributed by atoms with Gasteiger partial charge in [0, 0.05) is 25.8 Å². The molecule has 2 aliphatic rings. The van der Waals surface area contributed by atoms with Crippen molar-refractivity contribution < 1.29 is 14.3 Å². The van der Waals surface area contributed by atoms with Gasteiger partial charge in [-0.25, -0.2) is 0 Å². The number of ether oxygens (including phenoxy) is 2. The number of nitrogens with zero attached hydrogens (tertiary/aromatic N) is 4. The number of hydrogen-bond acceptors (Lipinski definition) is 8. The fraction of sp³-hybridized carbons (Fsp3) is 0.520. The van der Waals surface area contributed by atoms with Gasteiger partial charge in [-0.05, 0) is 31.2 Å². The molecule has 4 heterocycles. The lowest BCUT2D eigenvalue weighted by atomic mass is 10.0. The van der Waals surface area contributed by atoms with E-state index < -0.39 is 0 Å². The van der Waals surface area contributed by atoms with Crippen molar-refractivity contribution in [2.24, 2.45) is 0 Å². The maximum Gasteiger partial charge on any atom is 0.319 e. The van der Waals surface area contributed by atoms with Crippen molar-refractivity contribution >= 4 is 32.6 Å². The van der Waals surface area contributed by atoms with Gasteiger partial charge in [-0.15, -0.1) is 0 Å². The first kappa shape index (κ1) is 22.2. The van der Waals surface area contributed by atoms with E-state index in [4.69, 9.17) is 14.5 Å². The molecule has 33 heavy (non-hydrogen) atoms. The number of fused-ring (bicyclic) bond motifs is 1. The Balaban J connectivity index is 1.34. The Morgan fingerprint density at radius 1 is 1.15 bits per heavy atom. The summed E-state index contributed by atoms with van der Waals surface area (Å²) in [5.41, 5.74) is 2.83. The van der Waals surface area contributed by atoms with Gasteiger partial charge in [-0.1, -0.05) is 48.6 Å². The Hall–Kier alpha value is -2.58. The topological polar surface area (TPSA) is 77.4 Å². The fourth-order valence-corrected chi connectivity index (χ4v) is 5.75. The summed E-state index contributed by atoms with van der Waals surface area (Å²) < 4.78 is 12.5. The van der Waals surface area contributed by atoms with E-state index in [0.29, 0.717) is 37.1 Å². The maximum absolute atomic E-state index is 13.1. The van der Waals surface area contributed by atoms with Crippen molar-refractivity contribution in [3.8, 4) is 6.01 Å². The standard InChI is InChI=1S/C25H30N4O3S/c1-2-19-22-23(27-24(26-19)32-18-12-15-31-16-13-18)28-25(33-22)29-14-6-9-20(29)21(30)11-10-17-7-4-3-5-8-17/h3-5,7-8,18,20H,2,6,9-16H2,1H3/t20-/m1/s1. The molecule has 2 fully saturated rings. The summed E-state index contributed by atoms with van der Waals surface area (Å²) in [6.07, 6.45) is 5.79. The molecule has 3 aromatic rings. The van der Waals surface area contributed by atoms with Crippen LogP contribution in [0.25, 0.3) is 10.3 Å². The summed E-state index contributed by atoms with van der Waals surface area (Å²) in [6.45, 7) is 4.36. The third kappa shape index (κ3) is 5.01. The molecule has 2 saturated heterocycles. The van der Waals surface area contributed by atoms with Crippen molar-refractivity contribution in [3.63, 3.8) is 0 Å². The van der Waals surface area contributed by atoms with E-state index in [1.165, 1.54) is 5.56 Å². The van der Waals surface area contributed by atoms with Crippen molar-refractivity contribution in [1.82, 2.24) is 15.0 Å². The SMILES string of the molecule is CCc1nc(OC2CCOCC2)nc2nc(N3CCC[C@@H]3C(=O)CCc3ccccc3)sc12. The summed E-state index contributed by atoms with van der Waals surface area (Å²) in [6, 6.07) is 10.5. The zero-order valence-corrected chi connectivity index (χ0v) is 19.9. The molecule has 2 aromatic heterocycles. The molecule has 0 saturated carbocycles. The van der Waals surface area contributed by atoms with Crippen molar-refractivity contribution in [1.29, 1.82) is 0 Å². The van der Waals surface area contributed by atoms with Crippen molar-refractivity contribution in [3.05, 3.63) is 41.6 Å². The number of rotatable bonds is 8. The highest BCUT2D eigenvalue weighted by molar-refractivity contribution is 7.22. The van der Waals surface area contributed by atoms with Gasteiger partial charge in [-0.2, -0.15) is 15.0 Å². The fourth-order valence-electron chi connectivity index (χ4n) is 4.61. The number of aromatic nitrogens is 3. The zero-order valence-electron chi connectivity index (χ0n) is 19.0. The number of anilines is 1. The van der Waals surface area contributed by atoms with E-state index in [2.05, 4.69) is 33.9 Å². The molecule has 1 atom stereocenters. The quantitative estimate of drug-likeness (QED) is 0.488. The number of carbonyl (C=O) groups is 1. The minimum Gasteiger partial charge on any atom is -0.460 e. The largest absolute Gasteiger partial charge is 0.460 e. The van der Waals surface area contributed by atoms with Crippen molar-refractivity contribution in [2.45, 2.75) is 64.0 Å². The van der Waals surface area contributed by atoms with Crippen LogP contribution in [0.3, 0.4) is 0 Å². The lowest BCUT2D eigenvalue weighted by Crippen LogP contribution is -2.36. The second kappa shape index (κ2) is 10.1. The maximum atomic E-state index is 13.1. The van der Waals surface area contributed by atoms with Crippen LogP contribution in [0, 0.1) is 0 Å². The number of benzene rings is 1. The number of thiazole rings is 1. The molecule has 5 rings (SSSR count). The van der Waals surface area contributed by atoms with Gasteiger partial charge >= 0.3 is 6.01 Å². The van der Waals surface area contributed by atoms with Crippen LogP contribution in [-0.4, -0.2) is 52.6 Å². The summed E-state index contributed by atoms with van der Waals surface area (Å²) in [7, 11) is 0. The molecule has 1 aromatic carbocycles. The van der Waals surface area contributed by atoms with E-state index in [9.17, 15) is 4.79 Å². The molecule has 174 valence electrons. The van der Waals surface area contributed by atoms with Crippen LogP contribution in [0.1, 0.15) is 50.3 Å². The Labute approximate surface area is 198 Å². The van der Waals surface area contributed by atoms with Gasteiger partial charge in [0.25, 0.3) is 0 Å². The number of aryl methyl sites for hydroxylation is 2. The first-order valence-corrected chi connectivity index (χ1v) is 12.8. The molecule has 0 radical (unpaired) electrons. The van der Waals surface area contributed by atoms with Crippen LogP contribution in [0.4, 0.5) is 5.13 Å². The van der Waals surface area contributed by atoms with E-state index in [0.717, 1.165) is 60.6 Å². The summed E-state index contributed by atoms with van der Waals surface area (Å²) in [5.74, 6) is 0.293. The van der Waals surface area contributed by atoms with E-state index in [-0.39, 0.29) is 12.1 Å². The normalized spacial score (nSPS) is 19.3. The molecular weight excluding hydrogens is 436 g/mol. The lowest BCUT2D eigenvalue weighted by molar-refractivity contribution is -0.120. The average molecular weight is 467 g/mol. The summed E-state index contributed by atoms with van der Waals surface area (Å²) in [5, 5.41) is 0.868. The predicted octanol–water partition coefficient (Wildman–Crippen LogP) is 4.38. The summed E-state index contributed by atoms with van der Waals surface area (Å²) in [4.78, 5) is 29.4. The molecule has 7 nitrogen and oxygen atoms in total. The first-order chi connectivity index (χ1) is 16.2. The zero-order chi connectivity index (χ0) is 22.6. The Morgan fingerprint density at radius 2 is 1.97 bits per heavy atom. The smallest absolute Gasteiger partial charge is 0.319 e. The highest BCUT2D eigenvalue weighted by Gasteiger charge is 2.32. The molecule has 0 aliphatic carbocycles. The van der Waals surface area contributed by atoms with Gasteiger partial charge < -0.3 is 14.4 Å². The number of ketones is 1. The lowest BCUT2D eigenvalue weighted by Gasteiger charge is -2.22. The van der Waals surface area contributed by atoms with Crippen LogP contribution in [0.5, 0.6) is 6.01 Å². The minimum atomic E-state index is -0.106. The van der Waals surface area contributed by atoms with Gasteiger partial charge in [0.2, 0.25) is 0 Å². The van der Waals surface area contributed by atoms with E-state index in [1.807, 2.05) is 18.2 Å². The third-order valence-electron chi connectivity index (χ3n) is 6.44. The Kier molecular flexibility index (Phi) is 6.83. The second-order valence-corrected chi connectivity index (χ2v) is 9.67. The first-order valence-electron chi connectivity index (χ1n) is 12.0. The highest BCUT2D eigenvalue weighted by Crippen LogP contribution is 2.35. The van der Waals surface area contributed by atoms with Crippen LogP contribution in [-0.2, 0) is 22.4 Å². The Morgan fingerprint density at radius 3 is 2.76 bits per heavy atom. The average Bonchev–Trinajstić information content (AvgIpc) is 3.50. The molecule has 0 unspecified atom stereocenters. The third-order valence-corrected chi connectivity index (χ3v) is 7.57. The monoisotopic (exact) mass is 466 g/mol. The van der Waals surface area contributed by atoms with Crippen LogP contribution >= 0.6 is 11.3 Å². The molecule has 0 amide bonds. The van der Waals surface area contributed by atoms with Crippen LogP contribution in [0.15, 0.2) is 30.3 Å². The Bertz CT molecular complexity index is 1100. The number of carbonyl (C=O) groups excluding carboxylic acids is 1. The van der Waals surface area contributed by atoms with Crippen LogP contribution < -0.4 is 9.64 Å². The van der Waals surface area contributed by atoms with Gasteiger partial charge in [0.1, 0.15) is 6.10 Å².